The predicted octanol–water partition coefficient (Wildman–Crippen LogP) is 2.75. The van der Waals surface area contributed by atoms with E-state index >= 15 is 0 Å². The molecule has 0 radical (unpaired) electrons. The number of rotatable bonds is 1. The van der Waals surface area contributed by atoms with E-state index in [0.717, 1.165) is 42.6 Å². The number of fused-ring (bicyclic) bond motifs is 3. The second kappa shape index (κ2) is 4.73. The molecule has 0 spiro atoms. The Morgan fingerprint density at radius 1 is 1.25 bits per heavy atom. The normalized spacial score (nSPS) is 38.8. The van der Waals surface area contributed by atoms with Crippen molar-refractivity contribution < 1.29 is 4.74 Å². The minimum Gasteiger partial charge on any atom is -0.481 e. The quantitative estimate of drug-likeness (QED) is 0.853. The third-order valence-corrected chi connectivity index (χ3v) is 5.76. The molecule has 1 unspecified atom stereocenters. The van der Waals surface area contributed by atoms with Gasteiger partial charge in [0.15, 0.2) is 0 Å². The summed E-state index contributed by atoms with van der Waals surface area (Å²) in [6, 6.07) is 5.04. The Kier molecular flexibility index (Phi) is 2.99. The van der Waals surface area contributed by atoms with Crippen molar-refractivity contribution in [2.75, 3.05) is 13.7 Å². The minimum absolute atomic E-state index is 0.656. The number of pyridine rings is 1. The van der Waals surface area contributed by atoms with E-state index < -0.39 is 0 Å². The fourth-order valence-corrected chi connectivity index (χ4v) is 4.88. The molecule has 2 heterocycles. The molecule has 3 heteroatoms. The Morgan fingerprint density at radius 2 is 2.15 bits per heavy atom. The average molecular weight is 272 g/mol. The average Bonchev–Trinajstić information content (AvgIpc) is 2.59. The van der Waals surface area contributed by atoms with Crippen molar-refractivity contribution in [2.24, 2.45) is 17.8 Å². The molecule has 20 heavy (non-hydrogen) atoms. The van der Waals surface area contributed by atoms with Crippen LogP contribution in [-0.2, 0) is 6.42 Å². The molecule has 0 aromatic carbocycles. The molecule has 1 N–H and O–H groups in total. The molecule has 5 atom stereocenters. The van der Waals surface area contributed by atoms with E-state index in [-0.39, 0.29) is 0 Å². The summed E-state index contributed by atoms with van der Waals surface area (Å²) in [6.45, 7) is 3.54. The summed E-state index contributed by atoms with van der Waals surface area (Å²) in [5.41, 5.74) is 2.78. The van der Waals surface area contributed by atoms with Gasteiger partial charge in [-0.2, -0.15) is 0 Å². The van der Waals surface area contributed by atoms with Crippen molar-refractivity contribution in [1.29, 1.82) is 0 Å². The van der Waals surface area contributed by atoms with E-state index in [2.05, 4.69) is 18.3 Å². The van der Waals surface area contributed by atoms with Gasteiger partial charge in [-0.3, -0.25) is 0 Å². The van der Waals surface area contributed by atoms with E-state index in [9.17, 15) is 0 Å². The molecule has 1 saturated carbocycles. The van der Waals surface area contributed by atoms with Crippen LogP contribution in [0.25, 0.3) is 0 Å². The Hall–Kier alpha value is -1.09. The predicted molar refractivity (Wildman–Crippen MR) is 79.0 cm³/mol. The highest BCUT2D eigenvalue weighted by molar-refractivity contribution is 5.32. The number of piperidine rings is 1. The third-order valence-electron chi connectivity index (χ3n) is 5.76. The molecule has 2 fully saturated rings. The van der Waals surface area contributed by atoms with Crippen LogP contribution in [0.3, 0.4) is 0 Å². The van der Waals surface area contributed by atoms with Gasteiger partial charge in [-0.05, 0) is 54.9 Å². The lowest BCUT2D eigenvalue weighted by molar-refractivity contribution is 0.102. The van der Waals surface area contributed by atoms with Crippen molar-refractivity contribution in [1.82, 2.24) is 10.3 Å². The Bertz CT molecular complexity index is 516. The lowest BCUT2D eigenvalue weighted by Gasteiger charge is -2.45. The first-order chi connectivity index (χ1) is 9.74. The molecule has 3 aliphatic rings. The fourth-order valence-electron chi connectivity index (χ4n) is 4.88. The van der Waals surface area contributed by atoms with Crippen molar-refractivity contribution in [3.05, 3.63) is 23.4 Å². The van der Waals surface area contributed by atoms with E-state index in [1.807, 2.05) is 6.07 Å². The summed E-state index contributed by atoms with van der Waals surface area (Å²) < 4.78 is 5.33. The molecule has 108 valence electrons. The van der Waals surface area contributed by atoms with Crippen molar-refractivity contribution in [2.45, 2.75) is 44.6 Å². The van der Waals surface area contributed by atoms with Crippen LogP contribution in [0.5, 0.6) is 5.88 Å². The van der Waals surface area contributed by atoms with Gasteiger partial charge in [-0.25, -0.2) is 4.98 Å². The van der Waals surface area contributed by atoms with Crippen LogP contribution in [0.15, 0.2) is 12.1 Å². The monoisotopic (exact) mass is 272 g/mol. The van der Waals surface area contributed by atoms with Crippen molar-refractivity contribution in [3.8, 4) is 5.88 Å². The highest BCUT2D eigenvalue weighted by Crippen LogP contribution is 2.46. The van der Waals surface area contributed by atoms with E-state index in [1.54, 1.807) is 7.11 Å². The maximum Gasteiger partial charge on any atom is 0.213 e. The summed E-state index contributed by atoms with van der Waals surface area (Å²) in [4.78, 5) is 4.77. The number of ether oxygens (including phenoxy) is 1. The molecule has 4 rings (SSSR count). The topological polar surface area (TPSA) is 34.1 Å². The SMILES string of the molecule is COc1ccc2c(n1)C[C@@H]1C[C@@H](C)C[C@@H]3NCC2C[C@H]13. The standard InChI is InChI=1S/C17H24N2O/c1-10-5-11-8-16-13(3-4-17(19-16)20-2)12-7-14(11)15(6-10)18-9-12/h3-4,10-12,14-15,18H,5-9H2,1-2H3/t10-,11+,12?,14-,15+/m1/s1. The minimum atomic E-state index is 0.656. The zero-order chi connectivity index (χ0) is 13.7. The largest absolute Gasteiger partial charge is 0.481 e. The summed E-state index contributed by atoms with van der Waals surface area (Å²) in [5.74, 6) is 3.93. The van der Waals surface area contributed by atoms with E-state index in [0.29, 0.717) is 5.92 Å². The highest BCUT2D eigenvalue weighted by Gasteiger charge is 2.43. The van der Waals surface area contributed by atoms with Gasteiger partial charge in [0.25, 0.3) is 0 Å². The molecule has 2 bridgehead atoms. The molecular formula is C17H24N2O. The molecule has 2 aliphatic carbocycles. The fraction of sp³-hybridized carbons (Fsp3) is 0.706. The number of nitrogens with zero attached hydrogens (tertiary/aromatic N) is 1. The van der Waals surface area contributed by atoms with Gasteiger partial charge in [0.05, 0.1) is 7.11 Å². The maximum atomic E-state index is 5.33. The Labute approximate surface area is 121 Å². The zero-order valence-electron chi connectivity index (χ0n) is 12.4. The van der Waals surface area contributed by atoms with Crippen LogP contribution in [0, 0.1) is 17.8 Å². The van der Waals surface area contributed by atoms with Crippen LogP contribution in [0.1, 0.15) is 43.4 Å². The summed E-state index contributed by atoms with van der Waals surface area (Å²) in [6.07, 6.45) is 5.24. The number of nitrogens with one attached hydrogen (secondary N) is 1. The molecule has 1 aliphatic heterocycles. The van der Waals surface area contributed by atoms with Gasteiger partial charge in [-0.1, -0.05) is 13.0 Å². The number of hydrogen-bond acceptors (Lipinski definition) is 3. The molecule has 0 amide bonds. The van der Waals surface area contributed by atoms with Crippen molar-refractivity contribution in [3.63, 3.8) is 0 Å². The van der Waals surface area contributed by atoms with Gasteiger partial charge in [-0.15, -0.1) is 0 Å². The van der Waals surface area contributed by atoms with Gasteiger partial charge < -0.3 is 10.1 Å². The first kappa shape index (κ1) is 12.6. The molecule has 3 nitrogen and oxygen atoms in total. The molecule has 1 aromatic heterocycles. The zero-order valence-corrected chi connectivity index (χ0v) is 12.4. The van der Waals surface area contributed by atoms with Crippen LogP contribution >= 0.6 is 0 Å². The lowest BCUT2D eigenvalue weighted by Crippen LogP contribution is -2.50. The first-order valence-corrected chi connectivity index (χ1v) is 8.01. The van der Waals surface area contributed by atoms with E-state index in [1.165, 1.54) is 30.5 Å². The van der Waals surface area contributed by atoms with Gasteiger partial charge in [0.1, 0.15) is 0 Å². The molecule has 1 aromatic rings. The smallest absolute Gasteiger partial charge is 0.213 e. The van der Waals surface area contributed by atoms with Crippen LogP contribution in [-0.4, -0.2) is 24.7 Å². The van der Waals surface area contributed by atoms with Crippen LogP contribution in [0.4, 0.5) is 0 Å². The van der Waals surface area contributed by atoms with E-state index in [4.69, 9.17) is 9.72 Å². The first-order valence-electron chi connectivity index (χ1n) is 8.01. The number of hydrogen-bond donors (Lipinski definition) is 1. The third kappa shape index (κ3) is 1.95. The second-order valence-corrected chi connectivity index (χ2v) is 7.04. The summed E-state index contributed by atoms with van der Waals surface area (Å²) in [5, 5.41) is 3.83. The summed E-state index contributed by atoms with van der Waals surface area (Å²) >= 11 is 0. The number of aromatic nitrogens is 1. The van der Waals surface area contributed by atoms with Crippen LogP contribution in [0.2, 0.25) is 0 Å². The highest BCUT2D eigenvalue weighted by atomic mass is 16.5. The number of methoxy groups -OCH3 is 1. The van der Waals surface area contributed by atoms with Gasteiger partial charge in [0, 0.05) is 24.3 Å². The Morgan fingerprint density at radius 3 is 3.00 bits per heavy atom. The summed E-state index contributed by atoms with van der Waals surface area (Å²) in [7, 11) is 1.71. The van der Waals surface area contributed by atoms with Gasteiger partial charge in [0.2, 0.25) is 5.88 Å². The second-order valence-electron chi connectivity index (χ2n) is 7.04. The molecular weight excluding hydrogens is 248 g/mol. The van der Waals surface area contributed by atoms with Crippen molar-refractivity contribution >= 4 is 0 Å². The van der Waals surface area contributed by atoms with Gasteiger partial charge >= 0.3 is 0 Å². The molecule has 1 saturated heterocycles. The van der Waals surface area contributed by atoms with Crippen LogP contribution < -0.4 is 10.1 Å². The maximum absolute atomic E-state index is 5.33. The Balaban J connectivity index is 1.74. The lowest BCUT2D eigenvalue weighted by atomic mass is 9.67.